The van der Waals surface area contributed by atoms with Crippen molar-refractivity contribution in [2.45, 2.75) is 38.5 Å². The monoisotopic (exact) mass is 410 g/mol. The quantitative estimate of drug-likeness (QED) is 0.652. The minimum atomic E-state index is -1.52. The first-order chi connectivity index (χ1) is 14.3. The number of carbonyl (C=O) groups excluding carboxylic acids is 3. The normalized spacial score (nSPS) is 27.4. The van der Waals surface area contributed by atoms with E-state index in [0.29, 0.717) is 17.9 Å². The van der Waals surface area contributed by atoms with E-state index in [4.69, 9.17) is 9.72 Å². The van der Waals surface area contributed by atoms with E-state index in [1.54, 1.807) is 10.9 Å². The smallest absolute Gasteiger partial charge is 0.328 e. The number of rotatable bonds is 1. The zero-order valence-corrected chi connectivity index (χ0v) is 16.9. The van der Waals surface area contributed by atoms with Gasteiger partial charge in [0.15, 0.2) is 5.41 Å². The second-order valence-corrected chi connectivity index (χ2v) is 8.14. The van der Waals surface area contributed by atoms with Crippen molar-refractivity contribution in [3.05, 3.63) is 30.1 Å². The first-order valence-corrected chi connectivity index (χ1v) is 9.88. The highest BCUT2D eigenvalue weighted by Gasteiger charge is 2.63. The molecule has 156 valence electrons. The Bertz CT molecular complexity index is 1060. The number of nitrogens with one attached hydrogen (secondary N) is 2. The number of imide groups is 2. The number of hydrogen-bond acceptors (Lipinski definition) is 7. The van der Waals surface area contributed by atoms with Crippen molar-refractivity contribution in [2.24, 2.45) is 12.5 Å². The second kappa shape index (κ2) is 6.36. The van der Waals surface area contributed by atoms with E-state index in [1.807, 2.05) is 44.0 Å². The molecule has 1 spiro atoms. The summed E-state index contributed by atoms with van der Waals surface area (Å²) in [6.45, 7) is 4.31. The molecule has 4 amide bonds. The average molecular weight is 410 g/mol. The van der Waals surface area contributed by atoms with Crippen LogP contribution >= 0.6 is 0 Å². The lowest BCUT2D eigenvalue weighted by molar-refractivity contribution is -0.153. The molecule has 2 aromatic heterocycles. The second-order valence-electron chi connectivity index (χ2n) is 8.14. The largest absolute Gasteiger partial charge is 0.372 e. The topological polar surface area (TPSA) is 118 Å². The first-order valence-electron chi connectivity index (χ1n) is 9.88. The van der Waals surface area contributed by atoms with Gasteiger partial charge in [-0.05, 0) is 32.0 Å². The molecule has 3 aliphatic heterocycles. The molecular weight excluding hydrogens is 388 g/mol. The van der Waals surface area contributed by atoms with Crippen LogP contribution in [0.5, 0.6) is 0 Å². The van der Waals surface area contributed by atoms with Crippen molar-refractivity contribution in [3.63, 3.8) is 0 Å². The van der Waals surface area contributed by atoms with Crippen molar-refractivity contribution in [1.29, 1.82) is 0 Å². The van der Waals surface area contributed by atoms with Crippen LogP contribution in [0.3, 0.4) is 0 Å². The predicted molar refractivity (Wildman–Crippen MR) is 105 cm³/mol. The number of nitrogens with zero attached hydrogens (tertiary/aromatic N) is 4. The Kier molecular flexibility index (Phi) is 3.97. The summed E-state index contributed by atoms with van der Waals surface area (Å²) < 4.78 is 7.72. The fourth-order valence-electron chi connectivity index (χ4n) is 5.06. The summed E-state index contributed by atoms with van der Waals surface area (Å²) in [7, 11) is 1.83. The molecule has 2 N–H and O–H groups in total. The van der Waals surface area contributed by atoms with Crippen molar-refractivity contribution < 1.29 is 19.1 Å². The number of hydrogen-bond donors (Lipinski definition) is 2. The van der Waals surface area contributed by atoms with Crippen LogP contribution in [0.4, 0.5) is 10.5 Å². The number of aryl methyl sites for hydroxylation is 1. The molecule has 0 aromatic carbocycles. The van der Waals surface area contributed by atoms with Gasteiger partial charge in [0.25, 0.3) is 0 Å². The standard InChI is InChI=1S/C20H22N6O4/c1-10-9-26-15-5-4-12(14-6-7-21-25(14)3)22-13(15)8-20(16(26)11(2)30-10)17(27)23-19(29)24-18(20)28/h4-7,10-11,16H,8-9H2,1-3H3,(H2,23,24,27,28,29)/t10-,11+,16-/m1/s1. The SMILES string of the molecule is C[C@@H]1CN2c3ccc(-c4ccnn4C)nc3CC3(C(=O)NC(=O)NC3=O)[C@H]2[C@H](C)O1. The number of anilines is 1. The van der Waals surface area contributed by atoms with Gasteiger partial charge < -0.3 is 9.64 Å². The summed E-state index contributed by atoms with van der Waals surface area (Å²) in [5.41, 5.74) is 1.51. The van der Waals surface area contributed by atoms with Gasteiger partial charge in [-0.2, -0.15) is 5.10 Å². The molecule has 3 atom stereocenters. The predicted octanol–water partition coefficient (Wildman–Crippen LogP) is 0.373. The van der Waals surface area contributed by atoms with E-state index in [0.717, 1.165) is 11.4 Å². The summed E-state index contributed by atoms with van der Waals surface area (Å²) in [6.07, 6.45) is 1.27. The average Bonchev–Trinajstić information content (AvgIpc) is 3.11. The Hall–Kier alpha value is -3.27. The van der Waals surface area contributed by atoms with Crippen LogP contribution in [-0.4, -0.2) is 57.4 Å². The highest BCUT2D eigenvalue weighted by Crippen LogP contribution is 2.46. The molecule has 3 aliphatic rings. The van der Waals surface area contributed by atoms with Gasteiger partial charge in [0, 0.05) is 26.2 Å². The third-order valence-corrected chi connectivity index (χ3v) is 6.24. The van der Waals surface area contributed by atoms with E-state index in [2.05, 4.69) is 15.7 Å². The lowest BCUT2D eigenvalue weighted by Crippen LogP contribution is -2.75. The molecule has 30 heavy (non-hydrogen) atoms. The third kappa shape index (κ3) is 2.49. The summed E-state index contributed by atoms with van der Waals surface area (Å²) in [6, 6.07) is 4.38. The molecular formula is C20H22N6O4. The number of amides is 4. The van der Waals surface area contributed by atoms with E-state index < -0.39 is 35.4 Å². The van der Waals surface area contributed by atoms with Crippen molar-refractivity contribution in [1.82, 2.24) is 25.4 Å². The number of aromatic nitrogens is 3. The Balaban J connectivity index is 1.69. The van der Waals surface area contributed by atoms with Crippen LogP contribution in [-0.2, 0) is 27.8 Å². The van der Waals surface area contributed by atoms with Crippen molar-refractivity contribution in [2.75, 3.05) is 11.4 Å². The van der Waals surface area contributed by atoms with E-state index in [-0.39, 0.29) is 12.5 Å². The number of ether oxygens (including phenoxy) is 1. The van der Waals surface area contributed by atoms with Crippen molar-refractivity contribution >= 4 is 23.5 Å². The Morgan fingerprint density at radius 2 is 1.87 bits per heavy atom. The van der Waals surface area contributed by atoms with Gasteiger partial charge in [-0.1, -0.05) is 0 Å². The maximum atomic E-state index is 13.1. The summed E-state index contributed by atoms with van der Waals surface area (Å²) in [5, 5.41) is 8.76. The van der Waals surface area contributed by atoms with Gasteiger partial charge in [0.1, 0.15) is 0 Å². The van der Waals surface area contributed by atoms with Crippen LogP contribution in [0.25, 0.3) is 11.4 Å². The molecule has 0 saturated carbocycles. The van der Waals surface area contributed by atoms with Crippen LogP contribution in [0.1, 0.15) is 19.5 Å². The summed E-state index contributed by atoms with van der Waals surface area (Å²) in [4.78, 5) is 44.9. The molecule has 0 radical (unpaired) electrons. The fraction of sp³-hybridized carbons (Fsp3) is 0.450. The highest BCUT2D eigenvalue weighted by atomic mass is 16.5. The molecule has 2 aromatic rings. The minimum absolute atomic E-state index is 0.0716. The van der Waals surface area contributed by atoms with Gasteiger partial charge in [0.05, 0.1) is 41.0 Å². The van der Waals surface area contributed by atoms with Crippen LogP contribution < -0.4 is 15.5 Å². The maximum absolute atomic E-state index is 13.1. The maximum Gasteiger partial charge on any atom is 0.328 e. The molecule has 5 rings (SSSR count). The van der Waals surface area contributed by atoms with E-state index >= 15 is 0 Å². The fourth-order valence-corrected chi connectivity index (χ4v) is 5.06. The highest BCUT2D eigenvalue weighted by molar-refractivity contribution is 6.20. The zero-order chi connectivity index (χ0) is 21.2. The Morgan fingerprint density at radius 1 is 1.13 bits per heavy atom. The first kappa shape index (κ1) is 18.7. The number of morpholine rings is 1. The van der Waals surface area contributed by atoms with Crippen LogP contribution in [0.2, 0.25) is 0 Å². The number of barbiturate groups is 1. The summed E-state index contributed by atoms with van der Waals surface area (Å²) >= 11 is 0. The van der Waals surface area contributed by atoms with E-state index in [1.165, 1.54) is 0 Å². The molecule has 2 fully saturated rings. The number of urea groups is 1. The lowest BCUT2D eigenvalue weighted by atomic mass is 9.67. The summed E-state index contributed by atoms with van der Waals surface area (Å²) in [5.74, 6) is -1.23. The van der Waals surface area contributed by atoms with Crippen LogP contribution in [0.15, 0.2) is 24.4 Å². The molecule has 10 heteroatoms. The number of pyridine rings is 1. The molecule has 0 bridgehead atoms. The molecule has 0 unspecified atom stereocenters. The van der Waals surface area contributed by atoms with Gasteiger partial charge >= 0.3 is 6.03 Å². The van der Waals surface area contributed by atoms with E-state index in [9.17, 15) is 14.4 Å². The zero-order valence-electron chi connectivity index (χ0n) is 16.9. The number of carbonyl (C=O) groups is 3. The van der Waals surface area contributed by atoms with Crippen LogP contribution in [0, 0.1) is 5.41 Å². The minimum Gasteiger partial charge on any atom is -0.372 e. The van der Waals surface area contributed by atoms with Gasteiger partial charge in [-0.15, -0.1) is 0 Å². The van der Waals surface area contributed by atoms with Gasteiger partial charge in [0.2, 0.25) is 11.8 Å². The number of fused-ring (bicyclic) bond motifs is 4. The van der Waals surface area contributed by atoms with Crippen molar-refractivity contribution in [3.8, 4) is 11.4 Å². The lowest BCUT2D eigenvalue weighted by Gasteiger charge is -2.55. The molecule has 5 heterocycles. The third-order valence-electron chi connectivity index (χ3n) is 6.24. The van der Waals surface area contributed by atoms with Gasteiger partial charge in [-0.25, -0.2) is 9.78 Å². The molecule has 10 nitrogen and oxygen atoms in total. The van der Waals surface area contributed by atoms with Gasteiger partial charge in [-0.3, -0.25) is 24.9 Å². The Morgan fingerprint density at radius 3 is 2.53 bits per heavy atom. The molecule has 2 saturated heterocycles. The molecule has 0 aliphatic carbocycles. The Labute approximate surface area is 172 Å².